The van der Waals surface area contributed by atoms with Crippen molar-refractivity contribution >= 4 is 50.3 Å². The van der Waals surface area contributed by atoms with Crippen molar-refractivity contribution in [3.63, 3.8) is 0 Å². The molecule has 0 saturated carbocycles. The summed E-state index contributed by atoms with van der Waals surface area (Å²) in [6, 6.07) is 13.8. The molecule has 0 spiro atoms. The molecule has 0 atom stereocenters. The summed E-state index contributed by atoms with van der Waals surface area (Å²) in [5.41, 5.74) is 4.60. The van der Waals surface area contributed by atoms with Crippen LogP contribution in [0.15, 0.2) is 64.5 Å². The summed E-state index contributed by atoms with van der Waals surface area (Å²) in [5, 5.41) is 8.98. The van der Waals surface area contributed by atoms with Crippen LogP contribution in [-0.4, -0.2) is 31.4 Å². The Morgan fingerprint density at radius 3 is 2.72 bits per heavy atom. The van der Waals surface area contributed by atoms with E-state index in [-0.39, 0.29) is 11.7 Å². The molecule has 0 radical (unpaired) electrons. The van der Waals surface area contributed by atoms with E-state index in [0.29, 0.717) is 5.65 Å². The molecule has 2 aromatic heterocycles. The lowest BCUT2D eigenvalue weighted by molar-refractivity contribution is -0.113. The van der Waals surface area contributed by atoms with E-state index in [2.05, 4.69) is 36.3 Å². The quantitative estimate of drug-likeness (QED) is 0.332. The molecule has 4 aromatic rings. The summed E-state index contributed by atoms with van der Waals surface area (Å²) in [5.74, 6) is 0.180. The molecule has 2 aromatic carbocycles. The van der Waals surface area contributed by atoms with E-state index in [1.165, 1.54) is 18.1 Å². The maximum absolute atomic E-state index is 12.4. The molecule has 1 N–H and O–H groups in total. The molecule has 8 heteroatoms. The molecular formula is C21H18BrN5OS. The van der Waals surface area contributed by atoms with Crippen molar-refractivity contribution in [1.29, 1.82) is 0 Å². The first-order valence-corrected chi connectivity index (χ1v) is 10.7. The number of hydrogen-bond acceptors (Lipinski definition) is 5. The predicted molar refractivity (Wildman–Crippen MR) is 120 cm³/mol. The van der Waals surface area contributed by atoms with E-state index >= 15 is 0 Å². The Labute approximate surface area is 180 Å². The highest BCUT2D eigenvalue weighted by molar-refractivity contribution is 9.10. The van der Waals surface area contributed by atoms with Gasteiger partial charge in [-0.05, 0) is 55.3 Å². The van der Waals surface area contributed by atoms with Gasteiger partial charge in [-0.3, -0.25) is 4.79 Å². The summed E-state index contributed by atoms with van der Waals surface area (Å²) < 4.78 is 2.77. The van der Waals surface area contributed by atoms with Gasteiger partial charge in [-0.25, -0.2) is 14.6 Å². The number of halogens is 1. The molecule has 0 bridgehead atoms. The molecule has 0 saturated heterocycles. The molecule has 0 fully saturated rings. The maximum Gasteiger partial charge on any atom is 0.234 e. The Balaban J connectivity index is 1.52. The molecule has 0 aliphatic heterocycles. The molecule has 1 amide bonds. The van der Waals surface area contributed by atoms with Gasteiger partial charge in [0.05, 0.1) is 23.0 Å². The van der Waals surface area contributed by atoms with Crippen LogP contribution in [-0.2, 0) is 4.79 Å². The van der Waals surface area contributed by atoms with Crippen molar-refractivity contribution in [2.45, 2.75) is 18.9 Å². The number of hydrogen-bond donors (Lipinski definition) is 1. The van der Waals surface area contributed by atoms with Gasteiger partial charge in [0.25, 0.3) is 0 Å². The molecule has 4 rings (SSSR count). The van der Waals surface area contributed by atoms with E-state index in [4.69, 9.17) is 0 Å². The van der Waals surface area contributed by atoms with Crippen LogP contribution >= 0.6 is 27.7 Å². The maximum atomic E-state index is 12.4. The van der Waals surface area contributed by atoms with Crippen molar-refractivity contribution in [3.05, 3.63) is 70.6 Å². The summed E-state index contributed by atoms with van der Waals surface area (Å²) >= 11 is 4.81. The van der Waals surface area contributed by atoms with Crippen molar-refractivity contribution in [2.75, 3.05) is 11.1 Å². The summed E-state index contributed by atoms with van der Waals surface area (Å²) in [6.45, 7) is 3.98. The van der Waals surface area contributed by atoms with Crippen LogP contribution in [0.25, 0.3) is 16.7 Å². The number of thioether (sulfide) groups is 1. The Morgan fingerprint density at radius 2 is 1.93 bits per heavy atom. The zero-order valence-corrected chi connectivity index (χ0v) is 18.3. The first-order chi connectivity index (χ1) is 14.0. The predicted octanol–water partition coefficient (Wildman–Crippen LogP) is 4.93. The largest absolute Gasteiger partial charge is 0.325 e. The number of aromatic nitrogens is 4. The fourth-order valence-electron chi connectivity index (χ4n) is 2.90. The van der Waals surface area contributed by atoms with Gasteiger partial charge in [0.1, 0.15) is 11.4 Å². The van der Waals surface area contributed by atoms with Crippen molar-refractivity contribution in [3.8, 4) is 5.69 Å². The zero-order chi connectivity index (χ0) is 20.4. The van der Waals surface area contributed by atoms with Gasteiger partial charge in [-0.15, -0.1) is 0 Å². The normalized spacial score (nSPS) is 11.0. The number of benzene rings is 2. The highest BCUT2D eigenvalue weighted by Crippen LogP contribution is 2.26. The van der Waals surface area contributed by atoms with Crippen LogP contribution in [0, 0.1) is 13.8 Å². The number of carbonyl (C=O) groups excluding carboxylic acids is 1. The fraction of sp³-hybridized carbons (Fsp3) is 0.143. The third-order valence-corrected chi connectivity index (χ3v) is 5.94. The minimum Gasteiger partial charge on any atom is -0.325 e. The van der Waals surface area contributed by atoms with Gasteiger partial charge in [-0.1, -0.05) is 39.8 Å². The van der Waals surface area contributed by atoms with Gasteiger partial charge in [-0.2, -0.15) is 5.10 Å². The Bertz CT molecular complexity index is 1190. The number of fused-ring (bicyclic) bond motifs is 1. The molecule has 6 nitrogen and oxygen atoms in total. The van der Waals surface area contributed by atoms with Crippen LogP contribution in [0.4, 0.5) is 5.69 Å². The third kappa shape index (κ3) is 4.33. The zero-order valence-electron chi connectivity index (χ0n) is 15.9. The summed E-state index contributed by atoms with van der Waals surface area (Å²) in [7, 11) is 0. The lowest BCUT2D eigenvalue weighted by atomic mass is 10.1. The monoisotopic (exact) mass is 467 g/mol. The van der Waals surface area contributed by atoms with Gasteiger partial charge in [0.2, 0.25) is 5.91 Å². The minimum atomic E-state index is -0.0734. The first-order valence-electron chi connectivity index (χ1n) is 8.96. The molecule has 2 heterocycles. The Morgan fingerprint density at radius 1 is 1.14 bits per heavy atom. The molecule has 0 unspecified atom stereocenters. The lowest BCUT2D eigenvalue weighted by Crippen LogP contribution is -2.15. The third-order valence-electron chi connectivity index (χ3n) is 4.41. The standard InChI is InChI=1S/C21H18BrN5OS/c1-13-3-4-14(2)18(9-13)26-19(28)11-29-21-17-10-25-27(20(17)23-12-24-21)16-7-5-15(22)6-8-16/h3-10,12H,11H2,1-2H3,(H,26,28). The SMILES string of the molecule is Cc1ccc(C)c(NC(=O)CSc2ncnc3c2cnn3-c2ccc(Br)cc2)c1. The second-order valence-electron chi connectivity index (χ2n) is 6.60. The Kier molecular flexibility index (Phi) is 5.64. The number of rotatable bonds is 5. The molecular weight excluding hydrogens is 450 g/mol. The van der Waals surface area contributed by atoms with Crippen molar-refractivity contribution in [2.24, 2.45) is 0 Å². The van der Waals surface area contributed by atoms with Gasteiger partial charge in [0, 0.05) is 10.2 Å². The number of nitrogens with zero attached hydrogens (tertiary/aromatic N) is 4. The summed E-state index contributed by atoms with van der Waals surface area (Å²) in [6.07, 6.45) is 3.24. The van der Waals surface area contributed by atoms with Crippen LogP contribution < -0.4 is 5.32 Å². The van der Waals surface area contributed by atoms with E-state index in [1.54, 1.807) is 10.9 Å². The average Bonchev–Trinajstić information content (AvgIpc) is 3.14. The average molecular weight is 468 g/mol. The van der Waals surface area contributed by atoms with Crippen molar-refractivity contribution < 1.29 is 4.79 Å². The number of amides is 1. The van der Waals surface area contributed by atoms with E-state index in [9.17, 15) is 4.79 Å². The lowest BCUT2D eigenvalue weighted by Gasteiger charge is -2.09. The number of carbonyl (C=O) groups is 1. The first kappa shape index (κ1) is 19.6. The minimum absolute atomic E-state index is 0.0734. The second-order valence-corrected chi connectivity index (χ2v) is 8.48. The van der Waals surface area contributed by atoms with Crippen LogP contribution in [0.3, 0.4) is 0 Å². The highest BCUT2D eigenvalue weighted by atomic mass is 79.9. The van der Waals surface area contributed by atoms with E-state index in [0.717, 1.165) is 37.4 Å². The van der Waals surface area contributed by atoms with Gasteiger partial charge >= 0.3 is 0 Å². The molecule has 146 valence electrons. The topological polar surface area (TPSA) is 72.7 Å². The number of nitrogens with one attached hydrogen (secondary N) is 1. The van der Waals surface area contributed by atoms with E-state index in [1.807, 2.05) is 56.3 Å². The number of anilines is 1. The molecule has 0 aliphatic rings. The smallest absolute Gasteiger partial charge is 0.234 e. The Hall–Kier alpha value is -2.71. The van der Waals surface area contributed by atoms with Crippen LogP contribution in [0.1, 0.15) is 11.1 Å². The van der Waals surface area contributed by atoms with Gasteiger partial charge in [0.15, 0.2) is 5.65 Å². The summed E-state index contributed by atoms with van der Waals surface area (Å²) in [4.78, 5) is 21.2. The highest BCUT2D eigenvalue weighted by Gasteiger charge is 2.13. The fourth-order valence-corrected chi connectivity index (χ4v) is 3.93. The molecule has 0 aliphatic carbocycles. The van der Waals surface area contributed by atoms with Gasteiger partial charge < -0.3 is 5.32 Å². The van der Waals surface area contributed by atoms with Crippen LogP contribution in [0.2, 0.25) is 0 Å². The second kappa shape index (κ2) is 8.34. The molecule has 29 heavy (non-hydrogen) atoms. The number of aryl methyl sites for hydroxylation is 2. The van der Waals surface area contributed by atoms with Crippen molar-refractivity contribution in [1.82, 2.24) is 19.7 Å². The van der Waals surface area contributed by atoms with E-state index < -0.39 is 0 Å². The van der Waals surface area contributed by atoms with Crippen LogP contribution in [0.5, 0.6) is 0 Å².